The highest BCUT2D eigenvalue weighted by Gasteiger charge is 2.35. The van der Waals surface area contributed by atoms with Crippen molar-refractivity contribution in [3.8, 4) is 0 Å². The smallest absolute Gasteiger partial charge is 0.270 e. The Balaban J connectivity index is 1.74. The van der Waals surface area contributed by atoms with E-state index in [1.165, 1.54) is 25.7 Å². The molecule has 0 spiro atoms. The van der Waals surface area contributed by atoms with Crippen LogP contribution in [0.3, 0.4) is 0 Å². The van der Waals surface area contributed by atoms with Gasteiger partial charge in [0.15, 0.2) is 0 Å². The van der Waals surface area contributed by atoms with Crippen molar-refractivity contribution in [1.29, 1.82) is 0 Å². The van der Waals surface area contributed by atoms with Crippen LogP contribution in [0.5, 0.6) is 0 Å². The van der Waals surface area contributed by atoms with E-state index in [2.05, 4.69) is 33.1 Å². The molecule has 2 fully saturated rings. The van der Waals surface area contributed by atoms with Crippen molar-refractivity contribution >= 4 is 21.8 Å². The Bertz CT molecular complexity index is 504. The van der Waals surface area contributed by atoms with Crippen LogP contribution in [0.4, 0.5) is 0 Å². The van der Waals surface area contributed by atoms with Gasteiger partial charge >= 0.3 is 0 Å². The summed E-state index contributed by atoms with van der Waals surface area (Å²) in [5.41, 5.74) is 0.824. The molecule has 1 saturated carbocycles. The molecule has 1 amide bonds. The average Bonchev–Trinajstić information content (AvgIpc) is 3.27. The molecule has 1 aliphatic heterocycles. The fourth-order valence-corrected chi connectivity index (χ4v) is 3.65. The van der Waals surface area contributed by atoms with Crippen LogP contribution in [-0.2, 0) is 6.54 Å². The van der Waals surface area contributed by atoms with Crippen LogP contribution in [0.25, 0.3) is 0 Å². The van der Waals surface area contributed by atoms with Crippen LogP contribution in [0.1, 0.15) is 43.1 Å². The van der Waals surface area contributed by atoms with Crippen LogP contribution in [0.2, 0.25) is 0 Å². The lowest BCUT2D eigenvalue weighted by atomic mass is 9.97. The minimum absolute atomic E-state index is 0.212. The van der Waals surface area contributed by atoms with E-state index >= 15 is 0 Å². The molecule has 1 aromatic heterocycles. The van der Waals surface area contributed by atoms with Crippen molar-refractivity contribution in [3.05, 3.63) is 22.4 Å². The van der Waals surface area contributed by atoms with E-state index in [4.69, 9.17) is 0 Å². The van der Waals surface area contributed by atoms with Gasteiger partial charge in [0.2, 0.25) is 0 Å². The quantitative estimate of drug-likeness (QED) is 0.883. The predicted molar refractivity (Wildman–Crippen MR) is 87.5 cm³/mol. The molecule has 5 heteroatoms. The maximum absolute atomic E-state index is 13.0. The second-order valence-electron chi connectivity index (χ2n) is 6.21. The van der Waals surface area contributed by atoms with Crippen LogP contribution in [0, 0.1) is 5.92 Å². The maximum atomic E-state index is 13.0. The summed E-state index contributed by atoms with van der Waals surface area (Å²) in [6.07, 6.45) is 6.72. The molecule has 0 bridgehead atoms. The molecule has 2 aliphatic rings. The molecule has 1 N–H and O–H groups in total. The van der Waals surface area contributed by atoms with Gasteiger partial charge in [-0.25, -0.2) is 0 Å². The number of hydrogen-bond donors (Lipinski definition) is 1. The fourth-order valence-electron chi connectivity index (χ4n) is 3.19. The van der Waals surface area contributed by atoms with Gasteiger partial charge in [-0.1, -0.05) is 0 Å². The minimum Gasteiger partial charge on any atom is -0.343 e. The second kappa shape index (κ2) is 6.53. The number of halogens is 1. The number of piperidine rings is 1. The Morgan fingerprint density at radius 2 is 2.10 bits per heavy atom. The van der Waals surface area contributed by atoms with Gasteiger partial charge in [0.25, 0.3) is 5.91 Å². The number of nitrogens with zero attached hydrogens (tertiary/aromatic N) is 2. The summed E-state index contributed by atoms with van der Waals surface area (Å²) in [5, 5.41) is 3.40. The number of rotatable bonds is 5. The molecule has 1 saturated heterocycles. The van der Waals surface area contributed by atoms with Gasteiger partial charge in [-0.3, -0.25) is 4.79 Å². The Morgan fingerprint density at radius 1 is 1.38 bits per heavy atom. The van der Waals surface area contributed by atoms with Gasteiger partial charge in [-0.05, 0) is 73.6 Å². The number of carbonyl (C=O) groups is 1. The number of amides is 1. The number of hydrogen-bond acceptors (Lipinski definition) is 2. The van der Waals surface area contributed by atoms with Gasteiger partial charge in [0, 0.05) is 29.8 Å². The normalized spacial score (nSPS) is 19.7. The van der Waals surface area contributed by atoms with E-state index in [0.29, 0.717) is 12.0 Å². The first-order valence-corrected chi connectivity index (χ1v) is 8.85. The van der Waals surface area contributed by atoms with E-state index in [9.17, 15) is 4.79 Å². The Hall–Kier alpha value is -0.810. The minimum atomic E-state index is 0.212. The molecule has 0 unspecified atom stereocenters. The second-order valence-corrected chi connectivity index (χ2v) is 7.13. The highest BCUT2D eigenvalue weighted by molar-refractivity contribution is 9.10. The fraction of sp³-hybridized carbons (Fsp3) is 0.688. The first kappa shape index (κ1) is 15.1. The number of aromatic nitrogens is 1. The van der Waals surface area contributed by atoms with Gasteiger partial charge in [-0.2, -0.15) is 0 Å². The predicted octanol–water partition coefficient (Wildman–Crippen LogP) is 2.87. The third kappa shape index (κ3) is 3.51. The van der Waals surface area contributed by atoms with E-state index in [1.54, 1.807) is 0 Å². The van der Waals surface area contributed by atoms with Gasteiger partial charge in [0.05, 0.1) is 0 Å². The largest absolute Gasteiger partial charge is 0.343 e. The summed E-state index contributed by atoms with van der Waals surface area (Å²) in [6, 6.07) is 2.44. The molecule has 0 aromatic carbocycles. The summed E-state index contributed by atoms with van der Waals surface area (Å²) in [5.74, 6) is 0.868. The van der Waals surface area contributed by atoms with Crippen molar-refractivity contribution in [2.45, 2.75) is 45.2 Å². The van der Waals surface area contributed by atoms with Crippen LogP contribution in [0.15, 0.2) is 16.7 Å². The zero-order valence-electron chi connectivity index (χ0n) is 12.6. The standard InChI is InChI=1S/C16H24BrN3O/c1-2-19-11-13(17)9-15(19)16(21)20(14-3-4-14)10-12-5-7-18-8-6-12/h9,11-12,14,18H,2-8,10H2,1H3. The molecular weight excluding hydrogens is 330 g/mol. The van der Waals surface area contributed by atoms with Crippen LogP contribution < -0.4 is 5.32 Å². The topological polar surface area (TPSA) is 37.3 Å². The first-order chi connectivity index (χ1) is 10.2. The maximum Gasteiger partial charge on any atom is 0.270 e. The van der Waals surface area contributed by atoms with Crippen molar-refractivity contribution in [3.63, 3.8) is 0 Å². The van der Waals surface area contributed by atoms with Crippen LogP contribution in [-0.4, -0.2) is 41.1 Å². The summed E-state index contributed by atoms with van der Waals surface area (Å²) in [7, 11) is 0. The third-order valence-electron chi connectivity index (χ3n) is 4.59. The number of carbonyl (C=O) groups excluding carboxylic acids is 1. The van der Waals surface area contributed by atoms with Crippen molar-refractivity contribution in [1.82, 2.24) is 14.8 Å². The summed E-state index contributed by atoms with van der Waals surface area (Å²) >= 11 is 3.49. The van der Waals surface area contributed by atoms with E-state index in [-0.39, 0.29) is 5.91 Å². The summed E-state index contributed by atoms with van der Waals surface area (Å²) < 4.78 is 3.04. The zero-order valence-corrected chi connectivity index (χ0v) is 14.2. The SMILES string of the molecule is CCn1cc(Br)cc1C(=O)N(CC1CCNCC1)C1CC1. The molecular formula is C16H24BrN3O. The lowest BCUT2D eigenvalue weighted by Crippen LogP contribution is -2.41. The molecule has 4 nitrogen and oxygen atoms in total. The average molecular weight is 354 g/mol. The molecule has 21 heavy (non-hydrogen) atoms. The van der Waals surface area contributed by atoms with E-state index in [0.717, 1.165) is 36.3 Å². The van der Waals surface area contributed by atoms with Gasteiger partial charge in [-0.15, -0.1) is 0 Å². The highest BCUT2D eigenvalue weighted by Crippen LogP contribution is 2.31. The zero-order chi connectivity index (χ0) is 14.8. The molecule has 3 rings (SSSR count). The molecule has 1 aromatic rings. The monoisotopic (exact) mass is 353 g/mol. The van der Waals surface area contributed by atoms with Crippen molar-refractivity contribution < 1.29 is 4.79 Å². The van der Waals surface area contributed by atoms with Gasteiger partial charge < -0.3 is 14.8 Å². The third-order valence-corrected chi connectivity index (χ3v) is 5.02. The lowest BCUT2D eigenvalue weighted by molar-refractivity contribution is 0.0691. The molecule has 116 valence electrons. The van der Waals surface area contributed by atoms with E-state index < -0.39 is 0 Å². The van der Waals surface area contributed by atoms with Crippen LogP contribution >= 0.6 is 15.9 Å². The Kier molecular flexibility index (Phi) is 4.69. The van der Waals surface area contributed by atoms with Gasteiger partial charge in [0.1, 0.15) is 5.69 Å². The summed E-state index contributed by atoms with van der Waals surface area (Å²) in [4.78, 5) is 15.1. The lowest BCUT2D eigenvalue weighted by Gasteiger charge is -2.30. The number of aryl methyl sites for hydroxylation is 1. The molecule has 1 aliphatic carbocycles. The first-order valence-electron chi connectivity index (χ1n) is 8.06. The molecule has 2 heterocycles. The van der Waals surface area contributed by atoms with Crippen molar-refractivity contribution in [2.24, 2.45) is 5.92 Å². The Morgan fingerprint density at radius 3 is 2.71 bits per heavy atom. The Labute approximate surface area is 135 Å². The molecule has 0 radical (unpaired) electrons. The number of nitrogens with one attached hydrogen (secondary N) is 1. The van der Waals surface area contributed by atoms with E-state index in [1.807, 2.05) is 16.8 Å². The van der Waals surface area contributed by atoms with Crippen molar-refractivity contribution in [2.75, 3.05) is 19.6 Å². The summed E-state index contributed by atoms with van der Waals surface area (Å²) in [6.45, 7) is 6.02. The highest BCUT2D eigenvalue weighted by atomic mass is 79.9. The molecule has 0 atom stereocenters.